The second kappa shape index (κ2) is 4.70. The minimum absolute atomic E-state index is 0.309. The van der Waals surface area contributed by atoms with E-state index in [1.807, 2.05) is 0 Å². The Kier molecular flexibility index (Phi) is 3.29. The first kappa shape index (κ1) is 11.2. The first-order valence-corrected chi connectivity index (χ1v) is 5.53. The molecule has 1 fully saturated rings. The number of halogens is 1. The predicted molar refractivity (Wildman–Crippen MR) is 62.6 cm³/mol. The van der Waals surface area contributed by atoms with Crippen LogP contribution in [0.5, 0.6) is 5.75 Å². The Morgan fingerprint density at radius 2 is 2.31 bits per heavy atom. The molecule has 0 bridgehead atoms. The average molecular weight is 224 g/mol. The Morgan fingerprint density at radius 3 is 3.00 bits per heavy atom. The number of benzene rings is 1. The summed E-state index contributed by atoms with van der Waals surface area (Å²) in [5.74, 6) is -0.00253. The molecule has 0 aliphatic carbocycles. The molecule has 1 aromatic carbocycles. The Morgan fingerprint density at radius 1 is 1.50 bits per heavy atom. The van der Waals surface area contributed by atoms with Gasteiger partial charge < -0.3 is 15.0 Å². The molecule has 4 heteroatoms. The molecule has 1 aliphatic rings. The minimum Gasteiger partial charge on any atom is -0.494 e. The molecule has 0 saturated carbocycles. The minimum atomic E-state index is -0.311. The van der Waals surface area contributed by atoms with Crippen LogP contribution in [-0.2, 0) is 0 Å². The van der Waals surface area contributed by atoms with Gasteiger partial charge in [0.05, 0.1) is 7.11 Å². The zero-order chi connectivity index (χ0) is 11.5. The van der Waals surface area contributed by atoms with Gasteiger partial charge >= 0.3 is 0 Å². The Hall–Kier alpha value is -1.29. The standard InChI is InChI=1S/C12H17FN2O/c1-9-8-14-5-6-15(9)10-3-4-11(13)12(7-10)16-2/h3-4,7,9,14H,5-6,8H2,1-2H3/t9-/m0/s1. The van der Waals surface area contributed by atoms with Gasteiger partial charge in [0.1, 0.15) is 0 Å². The number of ether oxygens (including phenoxy) is 1. The quantitative estimate of drug-likeness (QED) is 0.826. The Bertz CT molecular complexity index is 370. The number of rotatable bonds is 2. The molecular weight excluding hydrogens is 207 g/mol. The third-order valence-corrected chi connectivity index (χ3v) is 2.97. The topological polar surface area (TPSA) is 24.5 Å². The van der Waals surface area contributed by atoms with Crippen LogP contribution < -0.4 is 15.0 Å². The predicted octanol–water partition coefficient (Wildman–Crippen LogP) is 1.63. The molecule has 0 radical (unpaired) electrons. The summed E-state index contributed by atoms with van der Waals surface area (Å²) in [4.78, 5) is 2.26. The van der Waals surface area contributed by atoms with Crippen LogP contribution in [0, 0.1) is 5.82 Å². The summed E-state index contributed by atoms with van der Waals surface area (Å²) in [5.41, 5.74) is 1.02. The molecule has 1 N–H and O–H groups in total. The van der Waals surface area contributed by atoms with Crippen molar-refractivity contribution in [1.29, 1.82) is 0 Å². The fourth-order valence-electron chi connectivity index (χ4n) is 2.05. The summed E-state index contributed by atoms with van der Waals surface area (Å²) < 4.78 is 18.3. The van der Waals surface area contributed by atoms with E-state index >= 15 is 0 Å². The summed E-state index contributed by atoms with van der Waals surface area (Å²) in [6.45, 7) is 5.02. The van der Waals surface area contributed by atoms with E-state index in [0.717, 1.165) is 25.3 Å². The number of hydrogen-bond donors (Lipinski definition) is 1. The average Bonchev–Trinajstić information content (AvgIpc) is 2.31. The molecule has 88 valence electrons. The first-order valence-electron chi connectivity index (χ1n) is 5.53. The first-order chi connectivity index (χ1) is 7.72. The van der Waals surface area contributed by atoms with Crippen LogP contribution >= 0.6 is 0 Å². The lowest BCUT2D eigenvalue weighted by Crippen LogP contribution is -2.49. The molecule has 1 aromatic rings. The van der Waals surface area contributed by atoms with Crippen LogP contribution in [0.1, 0.15) is 6.92 Å². The van der Waals surface area contributed by atoms with Crippen molar-refractivity contribution in [2.45, 2.75) is 13.0 Å². The van der Waals surface area contributed by atoms with E-state index in [2.05, 4.69) is 17.1 Å². The van der Waals surface area contributed by atoms with Gasteiger partial charge in [0.2, 0.25) is 0 Å². The number of nitrogens with zero attached hydrogens (tertiary/aromatic N) is 1. The molecule has 1 aliphatic heterocycles. The van der Waals surface area contributed by atoms with Crippen molar-refractivity contribution >= 4 is 5.69 Å². The maximum absolute atomic E-state index is 13.3. The van der Waals surface area contributed by atoms with E-state index in [9.17, 15) is 4.39 Å². The summed E-state index contributed by atoms with van der Waals surface area (Å²) in [7, 11) is 1.49. The molecule has 0 spiro atoms. The third-order valence-electron chi connectivity index (χ3n) is 2.97. The van der Waals surface area contributed by atoms with Crippen LogP contribution in [0.4, 0.5) is 10.1 Å². The lowest BCUT2D eigenvalue weighted by atomic mass is 10.1. The maximum atomic E-state index is 13.3. The van der Waals surface area contributed by atoms with Crippen molar-refractivity contribution in [3.63, 3.8) is 0 Å². The van der Waals surface area contributed by atoms with Gasteiger partial charge in [-0.05, 0) is 19.1 Å². The summed E-state index contributed by atoms with van der Waals surface area (Å²) in [6.07, 6.45) is 0. The summed E-state index contributed by atoms with van der Waals surface area (Å²) >= 11 is 0. The van der Waals surface area contributed by atoms with Crippen molar-refractivity contribution in [1.82, 2.24) is 5.32 Å². The Balaban J connectivity index is 2.25. The van der Waals surface area contributed by atoms with E-state index in [1.165, 1.54) is 13.2 Å². The molecule has 3 nitrogen and oxygen atoms in total. The highest BCUT2D eigenvalue weighted by atomic mass is 19.1. The molecule has 0 unspecified atom stereocenters. The van der Waals surface area contributed by atoms with Gasteiger partial charge in [0, 0.05) is 37.4 Å². The molecule has 0 amide bonds. The number of methoxy groups -OCH3 is 1. The number of nitrogens with one attached hydrogen (secondary N) is 1. The van der Waals surface area contributed by atoms with Gasteiger partial charge in [0.15, 0.2) is 11.6 Å². The highest BCUT2D eigenvalue weighted by molar-refractivity contribution is 5.52. The molecule has 2 rings (SSSR count). The van der Waals surface area contributed by atoms with Gasteiger partial charge in [-0.25, -0.2) is 4.39 Å². The van der Waals surface area contributed by atoms with Crippen LogP contribution in [0.2, 0.25) is 0 Å². The monoisotopic (exact) mass is 224 g/mol. The lowest BCUT2D eigenvalue weighted by Gasteiger charge is -2.36. The fourth-order valence-corrected chi connectivity index (χ4v) is 2.05. The fraction of sp³-hybridized carbons (Fsp3) is 0.500. The molecule has 1 saturated heterocycles. The van der Waals surface area contributed by atoms with Crippen LogP contribution in [0.3, 0.4) is 0 Å². The zero-order valence-electron chi connectivity index (χ0n) is 9.66. The zero-order valence-corrected chi connectivity index (χ0v) is 9.66. The maximum Gasteiger partial charge on any atom is 0.165 e. The molecule has 1 heterocycles. The lowest BCUT2D eigenvalue weighted by molar-refractivity contribution is 0.386. The van der Waals surface area contributed by atoms with Crippen LogP contribution in [0.25, 0.3) is 0 Å². The van der Waals surface area contributed by atoms with Crippen LogP contribution in [0.15, 0.2) is 18.2 Å². The van der Waals surface area contributed by atoms with E-state index in [0.29, 0.717) is 11.8 Å². The smallest absolute Gasteiger partial charge is 0.165 e. The van der Waals surface area contributed by atoms with Crippen molar-refractivity contribution in [2.24, 2.45) is 0 Å². The summed E-state index contributed by atoms with van der Waals surface area (Å²) in [5, 5.41) is 3.33. The van der Waals surface area contributed by atoms with Gasteiger partial charge in [-0.1, -0.05) is 0 Å². The van der Waals surface area contributed by atoms with Crippen molar-refractivity contribution in [3.8, 4) is 5.75 Å². The number of piperazine rings is 1. The second-order valence-corrected chi connectivity index (χ2v) is 4.07. The Labute approximate surface area is 95.2 Å². The van der Waals surface area contributed by atoms with Crippen molar-refractivity contribution in [2.75, 3.05) is 31.6 Å². The van der Waals surface area contributed by atoms with Gasteiger partial charge in [-0.2, -0.15) is 0 Å². The van der Waals surface area contributed by atoms with Gasteiger partial charge in [-0.15, -0.1) is 0 Å². The molecule has 0 aromatic heterocycles. The van der Waals surface area contributed by atoms with E-state index in [1.54, 1.807) is 12.1 Å². The van der Waals surface area contributed by atoms with Gasteiger partial charge in [0.25, 0.3) is 0 Å². The van der Waals surface area contributed by atoms with E-state index in [4.69, 9.17) is 4.74 Å². The second-order valence-electron chi connectivity index (χ2n) is 4.07. The molecule has 16 heavy (non-hydrogen) atoms. The number of anilines is 1. The largest absolute Gasteiger partial charge is 0.494 e. The van der Waals surface area contributed by atoms with Crippen LogP contribution in [-0.4, -0.2) is 32.8 Å². The third kappa shape index (κ3) is 2.11. The van der Waals surface area contributed by atoms with E-state index < -0.39 is 0 Å². The normalized spacial score (nSPS) is 20.9. The SMILES string of the molecule is COc1cc(N2CCNC[C@@H]2C)ccc1F. The highest BCUT2D eigenvalue weighted by Gasteiger charge is 2.19. The van der Waals surface area contributed by atoms with E-state index in [-0.39, 0.29) is 5.82 Å². The van der Waals surface area contributed by atoms with Crippen molar-refractivity contribution in [3.05, 3.63) is 24.0 Å². The summed E-state index contributed by atoms with van der Waals surface area (Å²) in [6, 6.07) is 5.45. The van der Waals surface area contributed by atoms with Crippen molar-refractivity contribution < 1.29 is 9.13 Å². The molecule has 1 atom stereocenters. The highest BCUT2D eigenvalue weighted by Crippen LogP contribution is 2.26. The van der Waals surface area contributed by atoms with Gasteiger partial charge in [-0.3, -0.25) is 0 Å². The molecular formula is C12H17FN2O. The number of hydrogen-bond acceptors (Lipinski definition) is 3.